The molecule has 0 aromatic heterocycles. The van der Waals surface area contributed by atoms with Crippen LogP contribution in [-0.4, -0.2) is 18.9 Å². The number of methoxy groups -OCH3 is 1. The minimum Gasteiger partial charge on any atom is -0.497 e. The fraction of sp³-hybridized carbons (Fsp3) is 0.111. The summed E-state index contributed by atoms with van der Waals surface area (Å²) in [6.45, 7) is 1.95. The highest BCUT2D eigenvalue weighted by molar-refractivity contribution is 6.60. The van der Waals surface area contributed by atoms with E-state index in [1.54, 1.807) is 36.4 Å². The molecule has 2 aromatic carbocycles. The first-order valence-electron chi connectivity index (χ1n) is 7.02. The molecule has 0 aliphatic carbocycles. The third-order valence-electron chi connectivity index (χ3n) is 3.68. The van der Waals surface area contributed by atoms with Crippen LogP contribution in [0.2, 0.25) is 0 Å². The Kier molecular flexibility index (Phi) is 3.92. The van der Waals surface area contributed by atoms with E-state index in [2.05, 4.69) is 0 Å². The molecule has 1 aliphatic rings. The number of benzene rings is 2. The number of rotatable bonds is 3. The van der Waals surface area contributed by atoms with E-state index in [1.807, 2.05) is 19.1 Å². The van der Waals surface area contributed by atoms with E-state index in [0.29, 0.717) is 17.0 Å². The van der Waals surface area contributed by atoms with E-state index >= 15 is 0 Å². The van der Waals surface area contributed by atoms with Crippen molar-refractivity contribution < 1.29 is 14.3 Å². The van der Waals surface area contributed by atoms with Crippen LogP contribution in [0.1, 0.15) is 11.1 Å². The highest BCUT2D eigenvalue weighted by Crippen LogP contribution is 2.35. The largest absolute Gasteiger partial charge is 0.497 e. The lowest BCUT2D eigenvalue weighted by molar-refractivity contribution is -0.119. The second-order valence-electron chi connectivity index (χ2n) is 5.20. The van der Waals surface area contributed by atoms with Crippen molar-refractivity contribution in [3.05, 3.63) is 64.7 Å². The Labute approximate surface area is 138 Å². The lowest BCUT2D eigenvalue weighted by Crippen LogP contribution is -2.31. The maximum Gasteiger partial charge on any atom is 0.277 e. The van der Waals surface area contributed by atoms with Gasteiger partial charge in [-0.2, -0.15) is 0 Å². The average molecular weight is 328 g/mol. The molecule has 23 heavy (non-hydrogen) atoms. The summed E-state index contributed by atoms with van der Waals surface area (Å²) in [7, 11) is 1.52. The number of aryl methyl sites for hydroxylation is 1. The fourth-order valence-electron chi connectivity index (χ4n) is 2.46. The number of hydrogen-bond acceptors (Lipinski definition) is 3. The van der Waals surface area contributed by atoms with Gasteiger partial charge in [-0.15, -0.1) is 0 Å². The van der Waals surface area contributed by atoms with Crippen molar-refractivity contribution in [2.45, 2.75) is 6.92 Å². The first-order chi connectivity index (χ1) is 11.0. The number of carbonyl (C=O) groups is 2. The first kappa shape index (κ1) is 15.3. The maximum absolute atomic E-state index is 12.7. The molecule has 2 amide bonds. The van der Waals surface area contributed by atoms with Crippen molar-refractivity contribution in [1.29, 1.82) is 0 Å². The third-order valence-corrected chi connectivity index (χ3v) is 4.03. The van der Waals surface area contributed by atoms with Crippen LogP contribution >= 0.6 is 11.6 Å². The summed E-state index contributed by atoms with van der Waals surface area (Å²) in [5, 5.41) is -0.0679. The number of halogens is 1. The average Bonchev–Trinajstić information content (AvgIpc) is 2.78. The molecule has 116 valence electrons. The Morgan fingerprint density at radius 3 is 2.35 bits per heavy atom. The second kappa shape index (κ2) is 5.89. The van der Waals surface area contributed by atoms with Crippen LogP contribution in [-0.2, 0) is 9.59 Å². The summed E-state index contributed by atoms with van der Waals surface area (Å²) in [5.74, 6) is -0.402. The molecule has 0 saturated carbocycles. The number of hydrogen-bond donors (Lipinski definition) is 0. The number of carbonyl (C=O) groups excluding carboxylic acids is 2. The molecule has 5 heteroatoms. The SMILES string of the molecule is COc1cccc(N2C(=O)C(Cl)=C(c3ccc(C)cc3)C2=O)c1. The zero-order chi connectivity index (χ0) is 16.6. The van der Waals surface area contributed by atoms with Crippen LogP contribution in [0.3, 0.4) is 0 Å². The van der Waals surface area contributed by atoms with Gasteiger partial charge < -0.3 is 4.74 Å². The summed E-state index contributed by atoms with van der Waals surface area (Å²) in [5.41, 5.74) is 2.34. The standard InChI is InChI=1S/C18H14ClNO3/c1-11-6-8-12(9-7-11)15-16(19)18(22)20(17(15)21)13-4-3-5-14(10-13)23-2/h3-10H,1-2H3. The summed E-state index contributed by atoms with van der Waals surface area (Å²) in [6, 6.07) is 14.1. The Morgan fingerprint density at radius 1 is 1.00 bits per heavy atom. The third kappa shape index (κ3) is 2.62. The van der Waals surface area contributed by atoms with Gasteiger partial charge in [-0.1, -0.05) is 47.5 Å². The number of ether oxygens (including phenoxy) is 1. The Bertz CT molecular complexity index is 824. The van der Waals surface area contributed by atoms with Gasteiger partial charge in [-0.05, 0) is 24.6 Å². The van der Waals surface area contributed by atoms with E-state index in [4.69, 9.17) is 16.3 Å². The van der Waals surface area contributed by atoms with Crippen molar-refractivity contribution in [3.63, 3.8) is 0 Å². The van der Waals surface area contributed by atoms with Gasteiger partial charge in [0, 0.05) is 6.07 Å². The van der Waals surface area contributed by atoms with Gasteiger partial charge in [-0.25, -0.2) is 4.90 Å². The van der Waals surface area contributed by atoms with Crippen molar-refractivity contribution >= 4 is 34.7 Å². The van der Waals surface area contributed by atoms with Gasteiger partial charge in [0.15, 0.2) is 0 Å². The van der Waals surface area contributed by atoms with Crippen LogP contribution in [0, 0.1) is 6.92 Å². The molecule has 1 aliphatic heterocycles. The molecule has 0 fully saturated rings. The van der Waals surface area contributed by atoms with E-state index in [-0.39, 0.29) is 10.6 Å². The van der Waals surface area contributed by atoms with Crippen LogP contribution in [0.25, 0.3) is 5.57 Å². The number of anilines is 1. The zero-order valence-electron chi connectivity index (χ0n) is 12.7. The van der Waals surface area contributed by atoms with Gasteiger partial charge in [0.1, 0.15) is 10.8 Å². The summed E-state index contributed by atoms with van der Waals surface area (Å²) in [6.07, 6.45) is 0. The normalized spacial score (nSPS) is 14.7. The Hall–Kier alpha value is -2.59. The molecule has 0 saturated heterocycles. The first-order valence-corrected chi connectivity index (χ1v) is 7.40. The molecule has 3 rings (SSSR count). The Morgan fingerprint density at radius 2 is 1.70 bits per heavy atom. The second-order valence-corrected chi connectivity index (χ2v) is 5.58. The van der Waals surface area contributed by atoms with Crippen LogP contribution in [0.15, 0.2) is 53.6 Å². The molecule has 1 heterocycles. The molecule has 0 unspecified atom stereocenters. The summed E-state index contributed by atoms with van der Waals surface area (Å²) in [4.78, 5) is 26.2. The molecular weight excluding hydrogens is 314 g/mol. The topological polar surface area (TPSA) is 46.6 Å². The monoisotopic (exact) mass is 327 g/mol. The van der Waals surface area contributed by atoms with Crippen LogP contribution in [0.5, 0.6) is 5.75 Å². The lowest BCUT2D eigenvalue weighted by atomic mass is 10.0. The van der Waals surface area contributed by atoms with Gasteiger partial charge in [0.25, 0.3) is 11.8 Å². The van der Waals surface area contributed by atoms with Crippen molar-refractivity contribution in [2.75, 3.05) is 12.0 Å². The van der Waals surface area contributed by atoms with Gasteiger partial charge in [0.05, 0.1) is 18.4 Å². The van der Waals surface area contributed by atoms with E-state index in [1.165, 1.54) is 7.11 Å². The minimum absolute atomic E-state index is 0.0679. The fourth-order valence-corrected chi connectivity index (χ4v) is 2.73. The van der Waals surface area contributed by atoms with E-state index in [9.17, 15) is 9.59 Å². The molecule has 0 spiro atoms. The number of amides is 2. The van der Waals surface area contributed by atoms with E-state index < -0.39 is 11.8 Å². The van der Waals surface area contributed by atoms with Crippen molar-refractivity contribution in [1.82, 2.24) is 0 Å². The highest BCUT2D eigenvalue weighted by atomic mass is 35.5. The quantitative estimate of drug-likeness (QED) is 0.810. The molecule has 4 nitrogen and oxygen atoms in total. The number of imide groups is 1. The van der Waals surface area contributed by atoms with Crippen molar-refractivity contribution in [2.24, 2.45) is 0 Å². The summed E-state index contributed by atoms with van der Waals surface area (Å²) < 4.78 is 5.14. The van der Waals surface area contributed by atoms with Gasteiger partial charge >= 0.3 is 0 Å². The number of nitrogens with zero attached hydrogens (tertiary/aromatic N) is 1. The van der Waals surface area contributed by atoms with Crippen LogP contribution < -0.4 is 9.64 Å². The van der Waals surface area contributed by atoms with E-state index in [0.717, 1.165) is 10.5 Å². The van der Waals surface area contributed by atoms with Crippen LogP contribution in [0.4, 0.5) is 5.69 Å². The lowest BCUT2D eigenvalue weighted by Gasteiger charge is -2.15. The highest BCUT2D eigenvalue weighted by Gasteiger charge is 2.39. The minimum atomic E-state index is -0.527. The molecular formula is C18H14ClNO3. The molecule has 0 N–H and O–H groups in total. The molecule has 0 radical (unpaired) electrons. The van der Waals surface area contributed by atoms with Gasteiger partial charge in [-0.3, -0.25) is 9.59 Å². The predicted molar refractivity (Wildman–Crippen MR) is 89.4 cm³/mol. The van der Waals surface area contributed by atoms with Crippen molar-refractivity contribution in [3.8, 4) is 5.75 Å². The summed E-state index contributed by atoms with van der Waals surface area (Å²) >= 11 is 6.15. The molecule has 2 aromatic rings. The maximum atomic E-state index is 12.7. The Balaban J connectivity index is 2.03. The molecule has 0 bridgehead atoms. The predicted octanol–water partition coefficient (Wildman–Crippen LogP) is 3.53. The zero-order valence-corrected chi connectivity index (χ0v) is 13.4. The molecule has 0 atom stereocenters. The van der Waals surface area contributed by atoms with Gasteiger partial charge in [0.2, 0.25) is 0 Å². The smallest absolute Gasteiger partial charge is 0.277 e.